The van der Waals surface area contributed by atoms with Crippen LogP contribution in [0.3, 0.4) is 0 Å². The lowest BCUT2D eigenvalue weighted by atomic mass is 10.3. The van der Waals surface area contributed by atoms with E-state index in [9.17, 15) is 0 Å². The first-order valence-electron chi connectivity index (χ1n) is 5.75. The Balaban J connectivity index is 2.74. The summed E-state index contributed by atoms with van der Waals surface area (Å²) in [7, 11) is 0. The first kappa shape index (κ1) is 14.5. The number of hydrogen-bond acceptors (Lipinski definition) is 7. The molecule has 0 atom stereocenters. The van der Waals surface area contributed by atoms with Crippen molar-refractivity contribution >= 4 is 11.4 Å². The van der Waals surface area contributed by atoms with Crippen LogP contribution in [-0.2, 0) is 0 Å². The fourth-order valence-electron chi connectivity index (χ4n) is 1.32. The minimum atomic E-state index is -0.0916. The summed E-state index contributed by atoms with van der Waals surface area (Å²) in [5, 5.41) is 32.2. The Hall–Kier alpha value is -1.57. The van der Waals surface area contributed by atoms with Crippen LogP contribution in [0.1, 0.15) is 0 Å². The fraction of sp³-hybridized carbons (Fsp3) is 0.545. The van der Waals surface area contributed by atoms with Gasteiger partial charge in [-0.3, -0.25) is 0 Å². The monoisotopic (exact) mass is 257 g/mol. The predicted molar refractivity (Wildman–Crippen MR) is 68.0 cm³/mol. The fourth-order valence-corrected chi connectivity index (χ4v) is 1.32. The zero-order valence-corrected chi connectivity index (χ0v) is 10.1. The average Bonchev–Trinajstić information content (AvgIpc) is 2.41. The number of ether oxygens (including phenoxy) is 1. The van der Waals surface area contributed by atoms with Crippen molar-refractivity contribution in [3.63, 3.8) is 0 Å². The molecule has 102 valence electrons. The van der Waals surface area contributed by atoms with E-state index in [1.165, 1.54) is 0 Å². The second-order valence-electron chi connectivity index (χ2n) is 3.45. The Bertz CT molecular complexity index is 349. The van der Waals surface area contributed by atoms with Crippen molar-refractivity contribution in [2.24, 2.45) is 0 Å². The highest BCUT2D eigenvalue weighted by atomic mass is 16.5. The molecule has 1 aromatic heterocycles. The van der Waals surface area contributed by atoms with Crippen LogP contribution in [-0.4, -0.2) is 59.8 Å². The molecule has 1 heterocycles. The van der Waals surface area contributed by atoms with Crippen LogP contribution >= 0.6 is 0 Å². The van der Waals surface area contributed by atoms with Crippen LogP contribution in [0.5, 0.6) is 5.88 Å². The second kappa shape index (κ2) is 8.51. The second-order valence-corrected chi connectivity index (χ2v) is 3.45. The molecule has 0 aliphatic rings. The Labute approximate surface area is 105 Å². The molecule has 0 aliphatic heterocycles. The van der Waals surface area contributed by atoms with Crippen molar-refractivity contribution in [1.82, 2.24) is 4.98 Å². The van der Waals surface area contributed by atoms with Crippen LogP contribution in [0.15, 0.2) is 12.3 Å². The third-order valence-electron chi connectivity index (χ3n) is 2.05. The SMILES string of the molecule is OCCNc1cnc(OCCO)c(NCCO)c1. The van der Waals surface area contributed by atoms with Gasteiger partial charge in [0.25, 0.3) is 0 Å². The molecule has 7 nitrogen and oxygen atoms in total. The van der Waals surface area contributed by atoms with Crippen molar-refractivity contribution in [1.29, 1.82) is 0 Å². The molecule has 1 rings (SSSR count). The molecule has 0 unspecified atom stereocenters. The van der Waals surface area contributed by atoms with E-state index in [2.05, 4.69) is 15.6 Å². The zero-order chi connectivity index (χ0) is 13.2. The number of hydrogen-bond donors (Lipinski definition) is 5. The summed E-state index contributed by atoms with van der Waals surface area (Å²) in [5.74, 6) is 0.368. The summed E-state index contributed by atoms with van der Waals surface area (Å²) in [6.45, 7) is 0.893. The largest absolute Gasteiger partial charge is 0.474 e. The third-order valence-corrected chi connectivity index (χ3v) is 2.05. The molecular formula is C11H19N3O4. The number of rotatable bonds is 9. The van der Waals surface area contributed by atoms with E-state index in [0.29, 0.717) is 24.7 Å². The molecule has 0 aliphatic carbocycles. The molecule has 0 saturated heterocycles. The minimum Gasteiger partial charge on any atom is -0.474 e. The summed E-state index contributed by atoms with van der Waals surface area (Å²) >= 11 is 0. The van der Waals surface area contributed by atoms with Crippen molar-refractivity contribution < 1.29 is 20.1 Å². The van der Waals surface area contributed by atoms with Crippen LogP contribution in [0.4, 0.5) is 11.4 Å². The van der Waals surface area contributed by atoms with E-state index in [0.717, 1.165) is 5.69 Å². The van der Waals surface area contributed by atoms with Gasteiger partial charge in [-0.05, 0) is 6.07 Å². The number of aliphatic hydroxyl groups excluding tert-OH is 3. The lowest BCUT2D eigenvalue weighted by molar-refractivity contribution is 0.197. The van der Waals surface area contributed by atoms with Gasteiger partial charge < -0.3 is 30.7 Å². The Kier molecular flexibility index (Phi) is 6.85. The van der Waals surface area contributed by atoms with Crippen LogP contribution in [0.25, 0.3) is 0 Å². The van der Waals surface area contributed by atoms with Gasteiger partial charge in [0.1, 0.15) is 6.61 Å². The first-order valence-corrected chi connectivity index (χ1v) is 5.75. The van der Waals surface area contributed by atoms with Gasteiger partial charge in [-0.25, -0.2) is 4.98 Å². The number of nitrogens with zero attached hydrogens (tertiary/aromatic N) is 1. The maximum Gasteiger partial charge on any atom is 0.237 e. The molecule has 0 saturated carbocycles. The van der Waals surface area contributed by atoms with Gasteiger partial charge in [0.05, 0.1) is 37.4 Å². The molecule has 0 fully saturated rings. The summed E-state index contributed by atoms with van der Waals surface area (Å²) in [6, 6.07) is 1.77. The molecule has 0 radical (unpaired) electrons. The molecular weight excluding hydrogens is 238 g/mol. The van der Waals surface area contributed by atoms with E-state index in [-0.39, 0.29) is 26.4 Å². The normalized spacial score (nSPS) is 10.2. The van der Waals surface area contributed by atoms with Crippen molar-refractivity contribution in [2.45, 2.75) is 0 Å². The highest BCUT2D eigenvalue weighted by Gasteiger charge is 2.06. The summed E-state index contributed by atoms with van der Waals surface area (Å²) in [6.07, 6.45) is 1.58. The maximum absolute atomic E-state index is 8.79. The zero-order valence-electron chi connectivity index (χ0n) is 10.1. The van der Waals surface area contributed by atoms with E-state index >= 15 is 0 Å². The molecule has 0 amide bonds. The van der Waals surface area contributed by atoms with Gasteiger partial charge in [0.2, 0.25) is 5.88 Å². The van der Waals surface area contributed by atoms with Crippen LogP contribution in [0, 0.1) is 0 Å². The summed E-state index contributed by atoms with van der Waals surface area (Å²) in [4.78, 5) is 4.10. The van der Waals surface area contributed by atoms with E-state index in [1.807, 2.05) is 0 Å². The van der Waals surface area contributed by atoms with Crippen LogP contribution in [0.2, 0.25) is 0 Å². The molecule has 0 spiro atoms. The molecule has 7 heteroatoms. The topological polar surface area (TPSA) is 107 Å². The van der Waals surface area contributed by atoms with E-state index in [1.54, 1.807) is 12.3 Å². The summed E-state index contributed by atoms with van der Waals surface area (Å²) in [5.41, 5.74) is 1.36. The first-order chi connectivity index (χ1) is 8.81. The van der Waals surface area contributed by atoms with Crippen molar-refractivity contribution in [3.05, 3.63) is 12.3 Å². The highest BCUT2D eigenvalue weighted by molar-refractivity contribution is 5.61. The minimum absolute atomic E-state index is 0.00621. The number of pyridine rings is 1. The molecule has 5 N–H and O–H groups in total. The molecule has 1 aromatic rings. The Morgan fingerprint density at radius 1 is 1.06 bits per heavy atom. The van der Waals surface area contributed by atoms with E-state index < -0.39 is 0 Å². The van der Waals surface area contributed by atoms with Gasteiger partial charge in [0, 0.05) is 13.1 Å². The Morgan fingerprint density at radius 3 is 2.44 bits per heavy atom. The van der Waals surface area contributed by atoms with Crippen molar-refractivity contribution in [2.75, 3.05) is 50.2 Å². The predicted octanol–water partition coefficient (Wildman–Crippen LogP) is -0.739. The number of anilines is 2. The molecule has 0 aromatic carbocycles. The van der Waals surface area contributed by atoms with Gasteiger partial charge >= 0.3 is 0 Å². The van der Waals surface area contributed by atoms with Gasteiger partial charge in [0.15, 0.2) is 0 Å². The highest BCUT2D eigenvalue weighted by Crippen LogP contribution is 2.24. The van der Waals surface area contributed by atoms with Crippen molar-refractivity contribution in [3.8, 4) is 5.88 Å². The molecule has 18 heavy (non-hydrogen) atoms. The maximum atomic E-state index is 8.79. The lowest BCUT2D eigenvalue weighted by Gasteiger charge is -2.13. The van der Waals surface area contributed by atoms with Gasteiger partial charge in [-0.1, -0.05) is 0 Å². The molecule has 0 bridgehead atoms. The average molecular weight is 257 g/mol. The smallest absolute Gasteiger partial charge is 0.237 e. The Morgan fingerprint density at radius 2 is 1.78 bits per heavy atom. The standard InChI is InChI=1S/C11H19N3O4/c15-3-1-12-9-7-10(13-2-4-16)11(14-8-9)18-6-5-17/h7-8,12-13,15-17H,1-6H2. The summed E-state index contributed by atoms with van der Waals surface area (Å²) < 4.78 is 5.26. The third kappa shape index (κ3) is 4.74. The quantitative estimate of drug-likeness (QED) is 0.396. The van der Waals surface area contributed by atoms with Gasteiger partial charge in [-0.15, -0.1) is 0 Å². The number of aliphatic hydroxyl groups is 3. The number of aromatic nitrogens is 1. The number of nitrogens with one attached hydrogen (secondary N) is 2. The lowest BCUT2D eigenvalue weighted by Crippen LogP contribution is -2.11. The van der Waals surface area contributed by atoms with Crippen LogP contribution < -0.4 is 15.4 Å². The van der Waals surface area contributed by atoms with Gasteiger partial charge in [-0.2, -0.15) is 0 Å². The van der Waals surface area contributed by atoms with E-state index in [4.69, 9.17) is 20.1 Å².